The predicted molar refractivity (Wildman–Crippen MR) is 101 cm³/mol. The highest BCUT2D eigenvalue weighted by atomic mass is 28.4. The zero-order valence-electron chi connectivity index (χ0n) is 16.3. The average Bonchev–Trinajstić information content (AvgIpc) is 2.58. The van der Waals surface area contributed by atoms with Crippen molar-refractivity contribution in [2.75, 3.05) is 6.61 Å². The minimum absolute atomic E-state index is 0.0218. The Morgan fingerprint density at radius 2 is 1.62 bits per heavy atom. The minimum atomic E-state index is -2.03. The Morgan fingerprint density at radius 3 is 2.19 bits per heavy atom. The topological polar surface area (TPSA) is 88.4 Å². The molecule has 1 aromatic rings. The third-order valence-electron chi connectivity index (χ3n) is 5.34. The van der Waals surface area contributed by atoms with Gasteiger partial charge in [0.25, 0.3) is 0 Å². The van der Waals surface area contributed by atoms with Crippen molar-refractivity contribution in [2.24, 2.45) is 0 Å². The van der Waals surface area contributed by atoms with Crippen molar-refractivity contribution in [1.29, 1.82) is 0 Å². The van der Waals surface area contributed by atoms with E-state index in [1.807, 2.05) is 30.3 Å². The molecule has 1 aliphatic heterocycles. The molecular formula is C19H32O6Si. The molecule has 7 heteroatoms. The van der Waals surface area contributed by atoms with Crippen LogP contribution >= 0.6 is 0 Å². The number of benzene rings is 1. The lowest BCUT2D eigenvalue weighted by molar-refractivity contribution is -0.303. The van der Waals surface area contributed by atoms with Crippen LogP contribution in [0.2, 0.25) is 18.1 Å². The van der Waals surface area contributed by atoms with Crippen molar-refractivity contribution in [3.63, 3.8) is 0 Å². The maximum atomic E-state index is 10.3. The molecule has 0 aromatic heterocycles. The van der Waals surface area contributed by atoms with E-state index < -0.39 is 39.0 Å². The predicted octanol–water partition coefficient (Wildman–Crippen LogP) is 2.03. The van der Waals surface area contributed by atoms with Gasteiger partial charge in [-0.1, -0.05) is 51.1 Å². The maximum absolute atomic E-state index is 10.3. The first-order chi connectivity index (χ1) is 12.0. The van der Waals surface area contributed by atoms with Crippen LogP contribution in [0.25, 0.3) is 0 Å². The highest BCUT2D eigenvalue weighted by Crippen LogP contribution is 2.37. The van der Waals surface area contributed by atoms with E-state index in [-0.39, 0.29) is 18.3 Å². The maximum Gasteiger partial charge on any atom is 0.192 e. The largest absolute Gasteiger partial charge is 0.414 e. The zero-order chi connectivity index (χ0) is 19.5. The monoisotopic (exact) mass is 384 g/mol. The van der Waals surface area contributed by atoms with E-state index in [0.29, 0.717) is 0 Å². The van der Waals surface area contributed by atoms with Crippen LogP contribution in [0, 0.1) is 0 Å². The van der Waals surface area contributed by atoms with Gasteiger partial charge >= 0.3 is 0 Å². The van der Waals surface area contributed by atoms with Crippen LogP contribution in [-0.4, -0.2) is 60.9 Å². The Kier molecular flexibility index (Phi) is 7.01. The lowest BCUT2D eigenvalue weighted by atomic mass is 9.99. The number of rotatable bonds is 6. The van der Waals surface area contributed by atoms with E-state index in [9.17, 15) is 15.3 Å². The number of hydrogen-bond donors (Lipinski definition) is 3. The quantitative estimate of drug-likeness (QED) is 0.651. The van der Waals surface area contributed by atoms with E-state index >= 15 is 0 Å². The SMILES string of the molecule is CC(C)(C)[Si](C)(C)OCC1O[C@@H](OCc2ccccc2)C(O)[C@@H](O)[C@@H]1O. The van der Waals surface area contributed by atoms with Crippen LogP contribution < -0.4 is 0 Å². The first-order valence-corrected chi connectivity index (χ1v) is 11.9. The Labute approximate surface area is 156 Å². The molecular weight excluding hydrogens is 352 g/mol. The molecule has 0 bridgehead atoms. The zero-order valence-corrected chi connectivity index (χ0v) is 17.3. The molecule has 0 spiro atoms. The first-order valence-electron chi connectivity index (χ1n) is 9.02. The highest BCUT2D eigenvalue weighted by Gasteiger charge is 2.46. The smallest absolute Gasteiger partial charge is 0.192 e. The van der Waals surface area contributed by atoms with Crippen LogP contribution in [0.15, 0.2) is 30.3 Å². The highest BCUT2D eigenvalue weighted by molar-refractivity contribution is 6.74. The second-order valence-electron chi connectivity index (χ2n) is 8.38. The molecule has 0 radical (unpaired) electrons. The van der Waals surface area contributed by atoms with Crippen LogP contribution in [-0.2, 0) is 20.5 Å². The number of ether oxygens (including phenoxy) is 2. The van der Waals surface area contributed by atoms with Crippen LogP contribution in [0.3, 0.4) is 0 Å². The molecule has 1 fully saturated rings. The summed E-state index contributed by atoms with van der Waals surface area (Å²) in [6, 6.07) is 9.50. The van der Waals surface area contributed by atoms with Crippen molar-refractivity contribution >= 4 is 8.32 Å². The summed E-state index contributed by atoms with van der Waals surface area (Å²) in [6.45, 7) is 11.0. The molecule has 2 rings (SSSR count). The third kappa shape index (κ3) is 5.13. The van der Waals surface area contributed by atoms with Gasteiger partial charge in [-0.05, 0) is 23.7 Å². The second-order valence-corrected chi connectivity index (χ2v) is 13.2. The molecule has 6 nitrogen and oxygen atoms in total. The van der Waals surface area contributed by atoms with Gasteiger partial charge in [-0.25, -0.2) is 0 Å². The fraction of sp³-hybridized carbons (Fsp3) is 0.684. The van der Waals surface area contributed by atoms with Gasteiger partial charge in [0.2, 0.25) is 0 Å². The van der Waals surface area contributed by atoms with Crippen molar-refractivity contribution in [2.45, 2.75) is 76.2 Å². The van der Waals surface area contributed by atoms with E-state index in [1.165, 1.54) is 0 Å². The summed E-state index contributed by atoms with van der Waals surface area (Å²) in [5, 5.41) is 30.6. The summed E-state index contributed by atoms with van der Waals surface area (Å²) in [6.07, 6.45) is -5.69. The van der Waals surface area contributed by atoms with E-state index in [1.54, 1.807) is 0 Å². The molecule has 3 N–H and O–H groups in total. The van der Waals surface area contributed by atoms with Gasteiger partial charge in [-0.15, -0.1) is 0 Å². The Bertz CT molecular complexity index is 559. The Morgan fingerprint density at radius 1 is 1.00 bits per heavy atom. The van der Waals surface area contributed by atoms with Crippen molar-refractivity contribution in [3.05, 3.63) is 35.9 Å². The van der Waals surface area contributed by atoms with Gasteiger partial charge in [-0.3, -0.25) is 0 Å². The van der Waals surface area contributed by atoms with Gasteiger partial charge in [0.15, 0.2) is 14.6 Å². The van der Waals surface area contributed by atoms with Gasteiger partial charge in [-0.2, -0.15) is 0 Å². The summed E-state index contributed by atoms with van der Waals surface area (Å²) in [7, 11) is -2.03. The first kappa shape index (κ1) is 21.5. The summed E-state index contributed by atoms with van der Waals surface area (Å²) in [5.74, 6) is 0. The van der Waals surface area contributed by atoms with E-state index in [0.717, 1.165) is 5.56 Å². The number of aliphatic hydroxyl groups is 3. The summed E-state index contributed by atoms with van der Waals surface area (Å²) in [5.41, 5.74) is 0.929. The number of hydrogen-bond acceptors (Lipinski definition) is 6. The summed E-state index contributed by atoms with van der Waals surface area (Å²) >= 11 is 0. The van der Waals surface area contributed by atoms with E-state index in [4.69, 9.17) is 13.9 Å². The molecule has 0 aliphatic carbocycles. The normalized spacial score (nSPS) is 30.4. The Hall–Kier alpha value is -0.803. The number of aliphatic hydroxyl groups excluding tert-OH is 3. The molecule has 0 saturated carbocycles. The Balaban J connectivity index is 1.98. The molecule has 1 saturated heterocycles. The van der Waals surface area contributed by atoms with Gasteiger partial charge in [0.1, 0.15) is 24.4 Å². The second kappa shape index (κ2) is 8.47. The molecule has 0 amide bonds. The van der Waals surface area contributed by atoms with Crippen molar-refractivity contribution in [3.8, 4) is 0 Å². The molecule has 1 aromatic carbocycles. The summed E-state index contributed by atoms with van der Waals surface area (Å²) < 4.78 is 17.5. The van der Waals surface area contributed by atoms with Gasteiger partial charge in [0.05, 0.1) is 13.2 Å². The minimum Gasteiger partial charge on any atom is -0.414 e. The van der Waals surface area contributed by atoms with Crippen molar-refractivity contribution in [1.82, 2.24) is 0 Å². The van der Waals surface area contributed by atoms with Gasteiger partial charge < -0.3 is 29.2 Å². The van der Waals surface area contributed by atoms with E-state index in [2.05, 4.69) is 33.9 Å². The molecule has 1 heterocycles. The lowest BCUT2D eigenvalue weighted by Crippen LogP contribution is -2.60. The van der Waals surface area contributed by atoms with Crippen molar-refractivity contribution < 1.29 is 29.2 Å². The van der Waals surface area contributed by atoms with Gasteiger partial charge in [0, 0.05) is 0 Å². The molecule has 1 aliphatic rings. The fourth-order valence-electron chi connectivity index (χ4n) is 2.45. The lowest BCUT2D eigenvalue weighted by Gasteiger charge is -2.42. The van der Waals surface area contributed by atoms with Crippen LogP contribution in [0.1, 0.15) is 26.3 Å². The van der Waals surface area contributed by atoms with Crippen LogP contribution in [0.5, 0.6) is 0 Å². The molecule has 26 heavy (non-hydrogen) atoms. The third-order valence-corrected chi connectivity index (χ3v) is 9.84. The molecule has 148 valence electrons. The standard InChI is InChI=1S/C19H32O6Si/c1-19(2,3)26(4,5)24-12-14-15(20)16(21)17(22)18(25-14)23-11-13-9-7-6-8-10-13/h6-10,14-18,20-22H,11-12H2,1-5H3/t14?,15-,16+,17?,18-/m1/s1. The average molecular weight is 385 g/mol. The molecule has 5 atom stereocenters. The molecule has 2 unspecified atom stereocenters. The summed E-state index contributed by atoms with van der Waals surface area (Å²) in [4.78, 5) is 0. The van der Waals surface area contributed by atoms with Crippen LogP contribution in [0.4, 0.5) is 0 Å². The fourth-order valence-corrected chi connectivity index (χ4v) is 3.47.